The number of nitrogens with one attached hydrogen (secondary N) is 3. The highest BCUT2D eigenvalue weighted by molar-refractivity contribution is 7.87. The van der Waals surface area contributed by atoms with Crippen molar-refractivity contribution in [3.63, 3.8) is 0 Å². The Hall–Kier alpha value is -2.95. The number of carbonyl (C=O) groups is 2. The van der Waals surface area contributed by atoms with Gasteiger partial charge in [-0.2, -0.15) is 17.9 Å². The summed E-state index contributed by atoms with van der Waals surface area (Å²) >= 11 is 12.1. The fraction of sp³-hybridized carbons (Fsp3) is 0.130. The fourth-order valence-electron chi connectivity index (χ4n) is 3.05. The SMILES string of the molecule is O=C(Nc1ccc(C[C@H](NS(=O)(=O)NCc2ccccc2)C(=O)O)cc1)c1c(Cl)cccc1Cl. The molecule has 0 aliphatic rings. The van der Waals surface area contributed by atoms with Gasteiger partial charge in [-0.3, -0.25) is 9.59 Å². The standard InChI is InChI=1S/C23H21Cl2N3O5S/c24-18-7-4-8-19(25)21(18)22(29)27-17-11-9-15(10-12-17)13-20(23(30)31)28-34(32,33)26-14-16-5-2-1-3-6-16/h1-12,20,26,28H,13-14H2,(H,27,29)(H,30,31)/t20-/m0/s1. The van der Waals surface area contributed by atoms with E-state index in [1.54, 1.807) is 72.8 Å². The van der Waals surface area contributed by atoms with Gasteiger partial charge in [-0.05, 0) is 41.8 Å². The summed E-state index contributed by atoms with van der Waals surface area (Å²) < 4.78 is 29.1. The molecule has 0 aromatic heterocycles. The Morgan fingerprint density at radius 1 is 0.853 bits per heavy atom. The molecular formula is C23H21Cl2N3O5S. The van der Waals surface area contributed by atoms with Crippen LogP contribution in [0.25, 0.3) is 0 Å². The molecule has 11 heteroatoms. The van der Waals surface area contributed by atoms with Crippen LogP contribution in [0.4, 0.5) is 5.69 Å². The van der Waals surface area contributed by atoms with E-state index in [0.717, 1.165) is 5.56 Å². The molecule has 0 radical (unpaired) electrons. The molecule has 3 aromatic carbocycles. The van der Waals surface area contributed by atoms with E-state index in [-0.39, 0.29) is 28.6 Å². The molecule has 0 spiro atoms. The van der Waals surface area contributed by atoms with Crippen molar-refractivity contribution >= 4 is 51.0 Å². The van der Waals surface area contributed by atoms with Crippen LogP contribution in [-0.4, -0.2) is 31.4 Å². The minimum atomic E-state index is -4.07. The predicted molar refractivity (Wildman–Crippen MR) is 131 cm³/mol. The zero-order valence-corrected chi connectivity index (χ0v) is 20.0. The highest BCUT2D eigenvalue weighted by Crippen LogP contribution is 2.25. The molecule has 0 fully saturated rings. The number of carboxylic acid groups (broad SMARTS) is 1. The summed E-state index contributed by atoms with van der Waals surface area (Å²) in [4.78, 5) is 24.1. The van der Waals surface area contributed by atoms with Crippen molar-refractivity contribution in [2.45, 2.75) is 19.0 Å². The summed E-state index contributed by atoms with van der Waals surface area (Å²) in [5.74, 6) is -1.82. The maximum absolute atomic E-state index is 12.5. The van der Waals surface area contributed by atoms with Crippen molar-refractivity contribution in [3.05, 3.63) is 99.5 Å². The highest BCUT2D eigenvalue weighted by Gasteiger charge is 2.24. The number of anilines is 1. The van der Waals surface area contributed by atoms with Crippen molar-refractivity contribution in [2.75, 3.05) is 5.32 Å². The van der Waals surface area contributed by atoms with E-state index < -0.39 is 28.1 Å². The van der Waals surface area contributed by atoms with Gasteiger partial charge in [0, 0.05) is 12.2 Å². The third kappa shape index (κ3) is 7.28. The van der Waals surface area contributed by atoms with Crippen molar-refractivity contribution in [1.29, 1.82) is 0 Å². The Labute approximate surface area is 207 Å². The maximum Gasteiger partial charge on any atom is 0.322 e. The molecule has 4 N–H and O–H groups in total. The number of hydrogen-bond donors (Lipinski definition) is 4. The molecule has 0 saturated heterocycles. The van der Waals surface area contributed by atoms with Gasteiger partial charge in [0.15, 0.2) is 0 Å². The van der Waals surface area contributed by atoms with Crippen LogP contribution in [0, 0.1) is 0 Å². The molecule has 0 saturated carbocycles. The first-order chi connectivity index (χ1) is 16.1. The summed E-state index contributed by atoms with van der Waals surface area (Å²) in [6, 6.07) is 18.5. The van der Waals surface area contributed by atoms with Crippen LogP contribution in [0.15, 0.2) is 72.8 Å². The minimum absolute atomic E-state index is 0.0202. The molecule has 1 atom stereocenters. The number of aliphatic carboxylic acids is 1. The summed E-state index contributed by atoms with van der Waals surface area (Å²) in [6.07, 6.45) is -0.105. The second kappa shape index (κ2) is 11.5. The molecule has 8 nitrogen and oxygen atoms in total. The lowest BCUT2D eigenvalue weighted by Crippen LogP contribution is -2.47. The maximum atomic E-state index is 12.5. The van der Waals surface area contributed by atoms with Crippen molar-refractivity contribution in [1.82, 2.24) is 9.44 Å². The van der Waals surface area contributed by atoms with E-state index in [1.807, 2.05) is 0 Å². The average molecular weight is 522 g/mol. The topological polar surface area (TPSA) is 125 Å². The molecule has 0 aliphatic heterocycles. The number of carbonyl (C=O) groups excluding carboxylic acids is 1. The molecule has 0 aliphatic carbocycles. The van der Waals surface area contributed by atoms with Gasteiger partial charge in [-0.25, -0.2) is 0 Å². The van der Waals surface area contributed by atoms with Gasteiger partial charge < -0.3 is 10.4 Å². The van der Waals surface area contributed by atoms with Gasteiger partial charge >= 0.3 is 5.97 Å². The van der Waals surface area contributed by atoms with Crippen LogP contribution in [0.1, 0.15) is 21.5 Å². The third-order valence-electron chi connectivity index (χ3n) is 4.75. The Kier molecular flexibility index (Phi) is 8.65. The summed E-state index contributed by atoms with van der Waals surface area (Å²) in [5.41, 5.74) is 1.85. The van der Waals surface area contributed by atoms with E-state index in [4.69, 9.17) is 23.2 Å². The molecule has 3 rings (SSSR count). The summed E-state index contributed by atoms with van der Waals surface area (Å²) in [5, 5.41) is 12.6. The highest BCUT2D eigenvalue weighted by atomic mass is 35.5. The average Bonchev–Trinajstić information content (AvgIpc) is 2.79. The van der Waals surface area contributed by atoms with Gasteiger partial charge in [0.25, 0.3) is 16.1 Å². The Morgan fingerprint density at radius 3 is 2.06 bits per heavy atom. The van der Waals surface area contributed by atoms with Gasteiger partial charge in [-0.15, -0.1) is 0 Å². The van der Waals surface area contributed by atoms with Crippen molar-refractivity contribution < 1.29 is 23.1 Å². The Balaban J connectivity index is 1.62. The van der Waals surface area contributed by atoms with Crippen LogP contribution in [0.3, 0.4) is 0 Å². The van der Waals surface area contributed by atoms with Crippen molar-refractivity contribution in [2.24, 2.45) is 0 Å². The van der Waals surface area contributed by atoms with E-state index in [2.05, 4.69) is 14.8 Å². The second-order valence-electron chi connectivity index (χ2n) is 7.27. The molecular weight excluding hydrogens is 501 g/mol. The molecule has 178 valence electrons. The van der Waals surface area contributed by atoms with Crippen LogP contribution in [0.5, 0.6) is 0 Å². The molecule has 0 heterocycles. The Bertz CT molecular complexity index is 1250. The third-order valence-corrected chi connectivity index (χ3v) is 6.50. The number of carboxylic acids is 1. The summed E-state index contributed by atoms with van der Waals surface area (Å²) in [7, 11) is -4.07. The van der Waals surface area contributed by atoms with Crippen LogP contribution in [0.2, 0.25) is 10.0 Å². The first kappa shape index (κ1) is 25.7. The lowest BCUT2D eigenvalue weighted by atomic mass is 10.1. The van der Waals surface area contributed by atoms with Gasteiger partial charge in [0.1, 0.15) is 6.04 Å². The minimum Gasteiger partial charge on any atom is -0.480 e. The van der Waals surface area contributed by atoms with Crippen LogP contribution < -0.4 is 14.8 Å². The Morgan fingerprint density at radius 2 is 1.47 bits per heavy atom. The summed E-state index contributed by atoms with van der Waals surface area (Å²) in [6.45, 7) is 0.0202. The normalized spacial score (nSPS) is 12.2. The number of hydrogen-bond acceptors (Lipinski definition) is 4. The van der Waals surface area contributed by atoms with Gasteiger partial charge in [0.2, 0.25) is 0 Å². The van der Waals surface area contributed by atoms with Crippen LogP contribution >= 0.6 is 23.2 Å². The van der Waals surface area contributed by atoms with E-state index in [0.29, 0.717) is 11.3 Å². The van der Waals surface area contributed by atoms with Gasteiger partial charge in [0.05, 0.1) is 15.6 Å². The van der Waals surface area contributed by atoms with E-state index in [1.165, 1.54) is 0 Å². The molecule has 3 aromatic rings. The van der Waals surface area contributed by atoms with Crippen LogP contribution in [-0.2, 0) is 28.0 Å². The smallest absolute Gasteiger partial charge is 0.322 e. The molecule has 0 bridgehead atoms. The lowest BCUT2D eigenvalue weighted by molar-refractivity contribution is -0.138. The lowest BCUT2D eigenvalue weighted by Gasteiger charge is -2.16. The zero-order valence-electron chi connectivity index (χ0n) is 17.7. The largest absolute Gasteiger partial charge is 0.480 e. The molecule has 1 amide bonds. The monoisotopic (exact) mass is 521 g/mol. The second-order valence-corrected chi connectivity index (χ2v) is 9.62. The first-order valence-electron chi connectivity index (χ1n) is 10.0. The molecule has 34 heavy (non-hydrogen) atoms. The van der Waals surface area contributed by atoms with E-state index in [9.17, 15) is 23.1 Å². The van der Waals surface area contributed by atoms with Crippen molar-refractivity contribution in [3.8, 4) is 0 Å². The molecule has 0 unspecified atom stereocenters. The fourth-order valence-corrected chi connectivity index (χ4v) is 4.62. The number of halogens is 2. The number of rotatable bonds is 10. The first-order valence-corrected chi connectivity index (χ1v) is 12.3. The quantitative estimate of drug-likeness (QED) is 0.322. The zero-order chi connectivity index (χ0) is 24.7. The predicted octanol–water partition coefficient (Wildman–Crippen LogP) is 3.87. The number of benzene rings is 3. The van der Waals surface area contributed by atoms with Gasteiger partial charge in [-0.1, -0.05) is 71.7 Å². The van der Waals surface area contributed by atoms with E-state index >= 15 is 0 Å². The number of amides is 1.